The molecule has 2 aromatic rings. The van der Waals surface area contributed by atoms with E-state index in [0.29, 0.717) is 35.5 Å². The van der Waals surface area contributed by atoms with Gasteiger partial charge in [-0.05, 0) is 49.4 Å². The molecule has 0 saturated carbocycles. The molecule has 2 heterocycles. The zero-order valence-corrected chi connectivity index (χ0v) is 18.5. The second-order valence-electron chi connectivity index (χ2n) is 7.61. The van der Waals surface area contributed by atoms with Gasteiger partial charge in [0.05, 0.1) is 16.2 Å². The van der Waals surface area contributed by atoms with Gasteiger partial charge in [0.25, 0.3) is 0 Å². The SMILES string of the molecule is CC(C)CCC1(O)CCN(S(=O)c2ccc(Cl)cn2)C1.N#Cc1ccc(O)cc1F. The lowest BCUT2D eigenvalue weighted by atomic mass is 9.93. The number of aromatic nitrogens is 1. The normalized spacial score (nSPS) is 19.8. The van der Waals surface area contributed by atoms with Crippen molar-refractivity contribution in [3.8, 4) is 11.8 Å². The summed E-state index contributed by atoms with van der Waals surface area (Å²) in [5, 5.41) is 28.5. The summed E-state index contributed by atoms with van der Waals surface area (Å²) in [6.07, 6.45) is 3.90. The van der Waals surface area contributed by atoms with Crippen LogP contribution in [0.3, 0.4) is 0 Å². The number of benzene rings is 1. The van der Waals surface area contributed by atoms with Gasteiger partial charge in [-0.1, -0.05) is 25.4 Å². The quantitative estimate of drug-likeness (QED) is 0.712. The standard InChI is InChI=1S/C14H21ClN2O2S.C7H4FNO/c1-11(2)5-6-14(18)7-8-17(10-14)20(19)13-4-3-12(15)9-16-13;8-7-3-6(10)2-1-5(7)4-9/h3-4,9,11,18H,5-8,10H2,1-2H3;1-3,10H. The van der Waals surface area contributed by atoms with Crippen molar-refractivity contribution in [3.05, 3.63) is 52.9 Å². The smallest absolute Gasteiger partial charge is 0.146 e. The molecule has 1 aliphatic heterocycles. The number of nitrogens with zero attached hydrogens (tertiary/aromatic N) is 3. The molecule has 30 heavy (non-hydrogen) atoms. The van der Waals surface area contributed by atoms with Crippen molar-refractivity contribution in [1.29, 1.82) is 5.26 Å². The van der Waals surface area contributed by atoms with Crippen LogP contribution in [0.2, 0.25) is 5.02 Å². The first kappa shape index (κ1) is 24.2. The van der Waals surface area contributed by atoms with Gasteiger partial charge >= 0.3 is 0 Å². The van der Waals surface area contributed by atoms with Gasteiger partial charge < -0.3 is 10.2 Å². The molecule has 2 N–H and O–H groups in total. The van der Waals surface area contributed by atoms with E-state index < -0.39 is 22.4 Å². The lowest BCUT2D eigenvalue weighted by Gasteiger charge is -2.23. The van der Waals surface area contributed by atoms with Crippen molar-refractivity contribution in [1.82, 2.24) is 9.29 Å². The van der Waals surface area contributed by atoms with Crippen molar-refractivity contribution in [3.63, 3.8) is 0 Å². The topological polar surface area (TPSA) is 97.5 Å². The van der Waals surface area contributed by atoms with Gasteiger partial charge in [-0.15, -0.1) is 0 Å². The lowest BCUT2D eigenvalue weighted by molar-refractivity contribution is 0.0419. The van der Waals surface area contributed by atoms with E-state index >= 15 is 0 Å². The van der Waals surface area contributed by atoms with E-state index in [-0.39, 0.29) is 11.3 Å². The van der Waals surface area contributed by atoms with Crippen molar-refractivity contribution in [2.24, 2.45) is 5.92 Å². The van der Waals surface area contributed by atoms with Crippen molar-refractivity contribution < 1.29 is 18.8 Å². The summed E-state index contributed by atoms with van der Waals surface area (Å²) < 4.78 is 26.7. The summed E-state index contributed by atoms with van der Waals surface area (Å²) in [5.74, 6) is -0.296. The third-order valence-electron chi connectivity index (χ3n) is 4.67. The maximum absolute atomic E-state index is 12.5. The number of hydrogen-bond acceptors (Lipinski definition) is 5. The number of aromatic hydroxyl groups is 1. The van der Waals surface area contributed by atoms with Crippen molar-refractivity contribution in [2.75, 3.05) is 13.1 Å². The molecule has 0 radical (unpaired) electrons. The van der Waals surface area contributed by atoms with E-state index in [0.717, 1.165) is 18.9 Å². The number of phenols is 1. The molecule has 1 fully saturated rings. The lowest BCUT2D eigenvalue weighted by Crippen LogP contribution is -2.34. The zero-order valence-electron chi connectivity index (χ0n) is 16.9. The number of phenolic OH excluding ortho intramolecular Hbond substituents is 1. The molecule has 2 atom stereocenters. The van der Waals surface area contributed by atoms with Crippen LogP contribution in [0.1, 0.15) is 38.7 Å². The van der Waals surface area contributed by atoms with E-state index in [2.05, 4.69) is 18.8 Å². The molecular weight excluding hydrogens is 429 g/mol. The van der Waals surface area contributed by atoms with Gasteiger partial charge in [0.15, 0.2) is 0 Å². The highest BCUT2D eigenvalue weighted by Crippen LogP contribution is 2.29. The first-order valence-corrected chi connectivity index (χ1v) is 11.0. The van der Waals surface area contributed by atoms with E-state index in [9.17, 15) is 13.7 Å². The van der Waals surface area contributed by atoms with E-state index in [4.69, 9.17) is 22.0 Å². The average Bonchev–Trinajstić information content (AvgIpc) is 3.10. The highest BCUT2D eigenvalue weighted by molar-refractivity contribution is 7.82. The fourth-order valence-corrected chi connectivity index (χ4v) is 4.23. The van der Waals surface area contributed by atoms with Crippen LogP contribution in [-0.2, 0) is 11.0 Å². The van der Waals surface area contributed by atoms with Crippen LogP contribution in [-0.4, -0.2) is 42.4 Å². The largest absolute Gasteiger partial charge is 0.508 e. The summed E-state index contributed by atoms with van der Waals surface area (Å²) in [4.78, 5) is 4.09. The van der Waals surface area contributed by atoms with Crippen molar-refractivity contribution >= 4 is 22.6 Å². The average molecular weight is 454 g/mol. The summed E-state index contributed by atoms with van der Waals surface area (Å²) in [7, 11) is -1.32. The molecular formula is C21H25ClFN3O3S. The summed E-state index contributed by atoms with van der Waals surface area (Å²) in [5.41, 5.74) is -0.774. The van der Waals surface area contributed by atoms with Crippen LogP contribution >= 0.6 is 11.6 Å². The first-order chi connectivity index (χ1) is 14.1. The maximum Gasteiger partial charge on any atom is 0.146 e. The molecule has 162 valence electrons. The van der Waals surface area contributed by atoms with Crippen LogP contribution < -0.4 is 0 Å². The number of nitriles is 1. The van der Waals surface area contributed by atoms with Crippen LogP contribution in [0.5, 0.6) is 5.75 Å². The Labute approximate surface area is 183 Å². The third-order valence-corrected chi connectivity index (χ3v) is 6.27. The van der Waals surface area contributed by atoms with Crippen LogP contribution in [0, 0.1) is 23.1 Å². The van der Waals surface area contributed by atoms with Crippen LogP contribution in [0.25, 0.3) is 0 Å². The van der Waals surface area contributed by atoms with Gasteiger partial charge in [-0.3, -0.25) is 0 Å². The predicted octanol–water partition coefficient (Wildman–Crippen LogP) is 4.03. The van der Waals surface area contributed by atoms with Gasteiger partial charge in [0, 0.05) is 25.4 Å². The number of aliphatic hydroxyl groups is 1. The Kier molecular flexibility index (Phi) is 8.74. The van der Waals surface area contributed by atoms with Gasteiger partial charge in [0.2, 0.25) is 0 Å². The molecule has 3 rings (SSSR count). The van der Waals surface area contributed by atoms with Crippen LogP contribution in [0.4, 0.5) is 4.39 Å². The molecule has 0 amide bonds. The molecule has 1 saturated heterocycles. The van der Waals surface area contributed by atoms with E-state index in [1.54, 1.807) is 22.5 Å². The second kappa shape index (κ2) is 10.8. The molecule has 1 aliphatic rings. The second-order valence-corrected chi connectivity index (χ2v) is 9.48. The van der Waals surface area contributed by atoms with Gasteiger partial charge in [-0.25, -0.2) is 17.9 Å². The minimum Gasteiger partial charge on any atom is -0.508 e. The molecule has 0 spiro atoms. The molecule has 1 aromatic heterocycles. The number of β-amino-alcohol motifs (C(OH)–C–C–N with tert-alkyl or cyclic N) is 1. The maximum atomic E-state index is 12.5. The number of halogens is 2. The number of rotatable bonds is 5. The summed E-state index contributed by atoms with van der Waals surface area (Å²) >= 11 is 5.78. The molecule has 1 aromatic carbocycles. The molecule has 2 unspecified atom stereocenters. The Morgan fingerprint density at radius 2 is 2.13 bits per heavy atom. The summed E-state index contributed by atoms with van der Waals surface area (Å²) in [6, 6.07) is 8.38. The minimum absolute atomic E-state index is 0.0576. The number of hydrogen-bond donors (Lipinski definition) is 2. The van der Waals surface area contributed by atoms with Crippen molar-refractivity contribution in [2.45, 2.75) is 43.7 Å². The fraction of sp³-hybridized carbons (Fsp3) is 0.429. The Hall–Kier alpha value is -2.05. The Morgan fingerprint density at radius 1 is 1.40 bits per heavy atom. The van der Waals surface area contributed by atoms with E-state index in [1.807, 2.05) is 0 Å². The molecule has 0 aliphatic carbocycles. The molecule has 9 heteroatoms. The Balaban J connectivity index is 0.000000269. The fourth-order valence-electron chi connectivity index (χ4n) is 2.91. The zero-order chi connectivity index (χ0) is 22.3. The Morgan fingerprint density at radius 3 is 2.70 bits per heavy atom. The molecule has 0 bridgehead atoms. The van der Waals surface area contributed by atoms with Crippen LogP contribution in [0.15, 0.2) is 41.6 Å². The monoisotopic (exact) mass is 453 g/mol. The first-order valence-electron chi connectivity index (χ1n) is 9.53. The van der Waals surface area contributed by atoms with Gasteiger partial charge in [0.1, 0.15) is 33.6 Å². The Bertz CT molecular complexity index is 921. The van der Waals surface area contributed by atoms with E-state index in [1.165, 1.54) is 18.3 Å². The minimum atomic E-state index is -1.32. The highest BCUT2D eigenvalue weighted by Gasteiger charge is 2.38. The molecule has 6 nitrogen and oxygen atoms in total. The predicted molar refractivity (Wildman–Crippen MR) is 114 cm³/mol. The van der Waals surface area contributed by atoms with Gasteiger partial charge in [-0.2, -0.15) is 5.26 Å². The number of pyridine rings is 1. The highest BCUT2D eigenvalue weighted by atomic mass is 35.5. The third kappa shape index (κ3) is 7.03. The summed E-state index contributed by atoms with van der Waals surface area (Å²) in [6.45, 7) is 5.36.